The number of carbonyl (C=O) groups excluding carboxylic acids is 2. The van der Waals surface area contributed by atoms with Crippen LogP contribution in [0, 0.1) is 0 Å². The van der Waals surface area contributed by atoms with E-state index in [0.717, 1.165) is 11.1 Å². The van der Waals surface area contributed by atoms with Crippen molar-refractivity contribution < 1.29 is 9.59 Å². The third kappa shape index (κ3) is 5.67. The molecule has 6 heteroatoms. The number of hydrogen-bond acceptors (Lipinski definition) is 3. The van der Waals surface area contributed by atoms with Crippen LogP contribution in [0.5, 0.6) is 0 Å². The van der Waals surface area contributed by atoms with Crippen LogP contribution < -0.4 is 0 Å². The molecule has 0 N–H and O–H groups in total. The minimum absolute atomic E-state index is 0.00199. The average molecular weight is 395 g/mol. The minimum atomic E-state index is -0.00199. The molecule has 0 saturated carbocycles. The molecule has 0 aliphatic rings. The number of nitrogens with zero attached hydrogens (tertiary/aromatic N) is 1. The van der Waals surface area contributed by atoms with Gasteiger partial charge in [-0.3, -0.25) is 9.59 Å². The van der Waals surface area contributed by atoms with Gasteiger partial charge >= 0.3 is 0 Å². The van der Waals surface area contributed by atoms with E-state index in [0.29, 0.717) is 11.0 Å². The number of amides is 1. The summed E-state index contributed by atoms with van der Waals surface area (Å²) < 4.78 is 0.408. The fourth-order valence-corrected chi connectivity index (χ4v) is 2.91. The minimum Gasteiger partial charge on any atom is -0.333 e. The van der Waals surface area contributed by atoms with Gasteiger partial charge in [0.25, 0.3) is 0 Å². The van der Waals surface area contributed by atoms with Crippen LogP contribution in [0.25, 0.3) is 0 Å². The number of benzene rings is 1. The molecule has 3 nitrogen and oxygen atoms in total. The normalized spacial score (nSPS) is 10.1. The third-order valence-corrected chi connectivity index (χ3v) is 3.94. The Bertz CT molecular complexity index is 402. The van der Waals surface area contributed by atoms with E-state index in [1.807, 2.05) is 52.9 Å². The lowest BCUT2D eigenvalue weighted by molar-refractivity contribution is -0.130. The van der Waals surface area contributed by atoms with Crippen LogP contribution in [0.1, 0.15) is 0 Å². The Kier molecular flexibility index (Phi) is 7.86. The van der Waals surface area contributed by atoms with Gasteiger partial charge in [0, 0.05) is 11.4 Å². The van der Waals surface area contributed by atoms with Crippen molar-refractivity contribution in [3.8, 4) is 0 Å². The zero-order chi connectivity index (χ0) is 13.4. The molecule has 0 bridgehead atoms. The maximum atomic E-state index is 11.9. The van der Waals surface area contributed by atoms with Gasteiger partial charge in [0.05, 0.1) is 11.0 Å². The van der Waals surface area contributed by atoms with Crippen molar-refractivity contribution in [2.24, 2.45) is 0 Å². The number of halogens is 1. The Morgan fingerprint density at radius 3 is 2.50 bits per heavy atom. The smallest absolute Gasteiger partial charge is 0.232 e. The second kappa shape index (κ2) is 8.88. The van der Waals surface area contributed by atoms with E-state index in [1.165, 1.54) is 11.8 Å². The molecular weight excluding hydrogens is 380 g/mol. The van der Waals surface area contributed by atoms with E-state index in [2.05, 4.69) is 9.24 Å². The number of alkyl halides is 1. The molecule has 0 spiro atoms. The molecule has 1 atom stereocenters. The molecule has 0 aliphatic carbocycles. The average Bonchev–Trinajstić information content (AvgIpc) is 2.38. The summed E-state index contributed by atoms with van der Waals surface area (Å²) in [6.07, 6.45) is 0.783. The van der Waals surface area contributed by atoms with Crippen LogP contribution in [0.2, 0.25) is 0 Å². The molecule has 1 rings (SSSR count). The Labute approximate surface area is 127 Å². The van der Waals surface area contributed by atoms with Crippen molar-refractivity contribution in [2.75, 3.05) is 23.7 Å². The second-order valence-corrected chi connectivity index (χ2v) is 6.00. The van der Waals surface area contributed by atoms with Gasteiger partial charge < -0.3 is 4.90 Å². The van der Waals surface area contributed by atoms with Gasteiger partial charge in [-0.05, 0) is 18.3 Å². The summed E-state index contributed by atoms with van der Waals surface area (Å²) in [7, 11) is 2.57. The van der Waals surface area contributed by atoms with Crippen molar-refractivity contribution in [2.45, 2.75) is 4.90 Å². The highest BCUT2D eigenvalue weighted by Crippen LogP contribution is 2.18. The molecule has 0 heterocycles. The molecule has 1 amide bonds. The number of hydrogen-bond donors (Lipinski definition) is 0. The van der Waals surface area contributed by atoms with E-state index < -0.39 is 0 Å². The molecule has 1 aromatic rings. The molecule has 0 aliphatic heterocycles. The third-order valence-electron chi connectivity index (χ3n) is 2.16. The van der Waals surface area contributed by atoms with Crippen LogP contribution in [-0.2, 0) is 9.59 Å². The van der Waals surface area contributed by atoms with Crippen LogP contribution >= 0.6 is 43.6 Å². The predicted molar refractivity (Wildman–Crippen MR) is 87.4 cm³/mol. The summed E-state index contributed by atoms with van der Waals surface area (Å²) in [5.41, 5.74) is 0. The number of rotatable bonds is 6. The largest absolute Gasteiger partial charge is 0.333 e. The van der Waals surface area contributed by atoms with E-state index in [1.54, 1.807) is 4.90 Å². The molecular formula is C12H15INO2PS. The van der Waals surface area contributed by atoms with E-state index >= 15 is 0 Å². The fourth-order valence-electron chi connectivity index (χ4n) is 1.34. The Balaban J connectivity index is 2.53. The zero-order valence-corrected chi connectivity index (χ0v) is 14.0. The zero-order valence-electron chi connectivity index (χ0n) is 9.84. The molecule has 1 unspecified atom stereocenters. The van der Waals surface area contributed by atoms with Gasteiger partial charge in [0.1, 0.15) is 0 Å². The highest BCUT2D eigenvalue weighted by atomic mass is 127. The first-order valence-corrected chi connectivity index (χ1v) is 8.62. The van der Waals surface area contributed by atoms with Crippen molar-refractivity contribution in [3.63, 3.8) is 0 Å². The summed E-state index contributed by atoms with van der Waals surface area (Å²) in [5.74, 6) is 0.0139. The van der Waals surface area contributed by atoms with Crippen molar-refractivity contribution in [1.29, 1.82) is 0 Å². The van der Waals surface area contributed by atoms with Gasteiger partial charge in [0.15, 0.2) is 0 Å². The summed E-state index contributed by atoms with van der Waals surface area (Å²) >= 11 is 3.21. The summed E-state index contributed by atoms with van der Waals surface area (Å²) in [6, 6.07) is 9.48. The van der Waals surface area contributed by atoms with Gasteiger partial charge in [0.2, 0.25) is 11.0 Å². The Morgan fingerprint density at radius 1 is 1.28 bits per heavy atom. The number of carbonyl (C=O) groups is 2. The van der Waals surface area contributed by atoms with Crippen LogP contribution in [0.3, 0.4) is 0 Å². The maximum Gasteiger partial charge on any atom is 0.232 e. The quantitative estimate of drug-likeness (QED) is 0.322. The predicted octanol–water partition coefficient (Wildman–Crippen LogP) is 2.44. The standard InChI is InChI=1S/C12H15INO2PS/c13-8-11(15)14(6-7-17)9-12(16)18-10-4-2-1-3-5-10/h1-5H,6-9,17H2. The van der Waals surface area contributed by atoms with E-state index in [-0.39, 0.29) is 17.6 Å². The van der Waals surface area contributed by atoms with Crippen molar-refractivity contribution in [3.05, 3.63) is 30.3 Å². The van der Waals surface area contributed by atoms with Crippen LogP contribution in [-0.4, -0.2) is 39.6 Å². The first-order chi connectivity index (χ1) is 8.67. The van der Waals surface area contributed by atoms with E-state index in [4.69, 9.17) is 0 Å². The molecule has 0 aromatic heterocycles. The topological polar surface area (TPSA) is 37.4 Å². The number of thioether (sulfide) groups is 1. The Hall–Kier alpha value is -0.130. The Morgan fingerprint density at radius 2 is 1.94 bits per heavy atom. The summed E-state index contributed by atoms with van der Waals surface area (Å²) in [4.78, 5) is 26.0. The van der Waals surface area contributed by atoms with Crippen LogP contribution in [0.4, 0.5) is 0 Å². The lowest BCUT2D eigenvalue weighted by atomic mass is 10.4. The lowest BCUT2D eigenvalue weighted by Crippen LogP contribution is -2.37. The molecule has 0 saturated heterocycles. The van der Waals surface area contributed by atoms with Gasteiger partial charge in [-0.2, -0.15) is 0 Å². The monoisotopic (exact) mass is 395 g/mol. The molecule has 0 fully saturated rings. The van der Waals surface area contributed by atoms with Gasteiger partial charge in [-0.15, -0.1) is 9.24 Å². The van der Waals surface area contributed by atoms with Crippen LogP contribution in [0.15, 0.2) is 35.2 Å². The first kappa shape index (κ1) is 15.9. The van der Waals surface area contributed by atoms with Crippen molar-refractivity contribution >= 4 is 54.6 Å². The SMILES string of the molecule is O=C(CN(CCP)C(=O)CI)Sc1ccccc1. The molecule has 18 heavy (non-hydrogen) atoms. The second-order valence-electron chi connectivity index (χ2n) is 3.52. The molecule has 0 radical (unpaired) electrons. The summed E-state index contributed by atoms with van der Waals surface area (Å²) in [6.45, 7) is 0.781. The fraction of sp³-hybridized carbons (Fsp3) is 0.333. The van der Waals surface area contributed by atoms with Crippen molar-refractivity contribution in [1.82, 2.24) is 4.90 Å². The van der Waals surface area contributed by atoms with Gasteiger partial charge in [-0.25, -0.2) is 0 Å². The molecule has 98 valence electrons. The maximum absolute atomic E-state index is 11.9. The highest BCUT2D eigenvalue weighted by Gasteiger charge is 2.15. The van der Waals surface area contributed by atoms with Gasteiger partial charge in [-0.1, -0.05) is 52.6 Å². The molecule has 1 aromatic carbocycles. The first-order valence-electron chi connectivity index (χ1n) is 5.47. The van der Waals surface area contributed by atoms with E-state index in [9.17, 15) is 9.59 Å². The highest BCUT2D eigenvalue weighted by molar-refractivity contribution is 14.1. The lowest BCUT2D eigenvalue weighted by Gasteiger charge is -2.19. The summed E-state index contributed by atoms with van der Waals surface area (Å²) in [5, 5.41) is -0.00199.